The van der Waals surface area contributed by atoms with Crippen LogP contribution in [0.15, 0.2) is 23.4 Å². The Morgan fingerprint density at radius 2 is 1.91 bits per heavy atom. The Labute approximate surface area is 68.3 Å². The largest absolute Gasteiger partial charge is 0.326 e. The lowest BCUT2D eigenvalue weighted by Crippen LogP contribution is -2.26. The zero-order valence-corrected chi connectivity index (χ0v) is 7.52. The standard InChI is InChI=1S/C8H17N3/c1-6(2)8(5-9)7(3)11(4)10/h1,5,9-10H2,2-4H3/b8-7-. The van der Waals surface area contributed by atoms with Crippen LogP contribution in [0.4, 0.5) is 0 Å². The van der Waals surface area contributed by atoms with E-state index >= 15 is 0 Å². The Balaban J connectivity index is 4.68. The first-order chi connectivity index (χ1) is 5.00. The third-order valence-electron chi connectivity index (χ3n) is 1.69. The number of allylic oxidation sites excluding steroid dienone is 1. The Bertz CT molecular complexity index is 180. The summed E-state index contributed by atoms with van der Waals surface area (Å²) in [5, 5.41) is 1.55. The fraction of sp³-hybridized carbons (Fsp3) is 0.500. The molecule has 0 aromatic carbocycles. The van der Waals surface area contributed by atoms with Crippen molar-refractivity contribution in [2.45, 2.75) is 13.8 Å². The van der Waals surface area contributed by atoms with Crippen LogP contribution in [0.5, 0.6) is 0 Å². The topological polar surface area (TPSA) is 55.3 Å². The molecule has 0 heterocycles. The van der Waals surface area contributed by atoms with Gasteiger partial charge in [-0.25, -0.2) is 5.84 Å². The molecule has 0 rings (SSSR count). The molecule has 0 saturated heterocycles. The molecule has 0 atom stereocenters. The Morgan fingerprint density at radius 3 is 2.00 bits per heavy atom. The average molecular weight is 155 g/mol. The summed E-state index contributed by atoms with van der Waals surface area (Å²) in [5.74, 6) is 5.53. The molecular weight excluding hydrogens is 138 g/mol. The molecule has 3 nitrogen and oxygen atoms in total. The lowest BCUT2D eigenvalue weighted by Gasteiger charge is -2.17. The second-order valence-electron chi connectivity index (χ2n) is 2.66. The van der Waals surface area contributed by atoms with Crippen LogP contribution >= 0.6 is 0 Å². The minimum absolute atomic E-state index is 0.489. The predicted molar refractivity (Wildman–Crippen MR) is 48.5 cm³/mol. The second-order valence-corrected chi connectivity index (χ2v) is 2.66. The summed E-state index contributed by atoms with van der Waals surface area (Å²) in [6, 6.07) is 0. The summed E-state index contributed by atoms with van der Waals surface area (Å²) in [5.41, 5.74) is 8.48. The van der Waals surface area contributed by atoms with Gasteiger partial charge in [-0.05, 0) is 19.4 Å². The van der Waals surface area contributed by atoms with Gasteiger partial charge in [-0.3, -0.25) is 0 Å². The first-order valence-corrected chi connectivity index (χ1v) is 3.54. The zero-order valence-electron chi connectivity index (χ0n) is 7.52. The zero-order chi connectivity index (χ0) is 9.02. The second kappa shape index (κ2) is 4.16. The maximum Gasteiger partial charge on any atom is 0.0304 e. The van der Waals surface area contributed by atoms with E-state index in [0.29, 0.717) is 6.54 Å². The molecule has 64 valence electrons. The molecule has 11 heavy (non-hydrogen) atoms. The van der Waals surface area contributed by atoms with E-state index in [9.17, 15) is 0 Å². The highest BCUT2D eigenvalue weighted by Crippen LogP contribution is 2.11. The van der Waals surface area contributed by atoms with Gasteiger partial charge in [0, 0.05) is 19.3 Å². The van der Waals surface area contributed by atoms with Gasteiger partial charge in [0.25, 0.3) is 0 Å². The van der Waals surface area contributed by atoms with Gasteiger partial charge in [-0.15, -0.1) is 0 Å². The maximum atomic E-state index is 5.53. The van der Waals surface area contributed by atoms with Crippen molar-refractivity contribution in [1.82, 2.24) is 5.01 Å². The summed E-state index contributed by atoms with van der Waals surface area (Å²) in [4.78, 5) is 0. The molecule has 0 bridgehead atoms. The number of hydrogen-bond acceptors (Lipinski definition) is 3. The van der Waals surface area contributed by atoms with Crippen molar-refractivity contribution in [3.8, 4) is 0 Å². The third kappa shape index (κ3) is 2.74. The highest BCUT2D eigenvalue weighted by molar-refractivity contribution is 5.31. The van der Waals surface area contributed by atoms with Gasteiger partial charge >= 0.3 is 0 Å². The molecule has 0 spiro atoms. The van der Waals surface area contributed by atoms with Crippen molar-refractivity contribution < 1.29 is 0 Å². The summed E-state index contributed by atoms with van der Waals surface area (Å²) in [6.07, 6.45) is 0. The molecule has 0 radical (unpaired) electrons. The number of hydrazine groups is 1. The Hall–Kier alpha value is -0.800. The summed E-state index contributed by atoms with van der Waals surface area (Å²) in [6.45, 7) is 8.15. The van der Waals surface area contributed by atoms with Crippen molar-refractivity contribution in [3.05, 3.63) is 23.4 Å². The molecule has 0 fully saturated rings. The highest BCUT2D eigenvalue weighted by atomic mass is 15.4. The lowest BCUT2D eigenvalue weighted by atomic mass is 10.1. The molecule has 0 aliphatic rings. The first-order valence-electron chi connectivity index (χ1n) is 3.54. The Morgan fingerprint density at radius 1 is 1.45 bits per heavy atom. The number of nitrogens with two attached hydrogens (primary N) is 2. The monoisotopic (exact) mass is 155 g/mol. The van der Waals surface area contributed by atoms with Crippen molar-refractivity contribution in [2.75, 3.05) is 13.6 Å². The fourth-order valence-electron chi connectivity index (χ4n) is 0.844. The first kappa shape index (κ1) is 10.2. The van der Waals surface area contributed by atoms with Crippen LogP contribution in [0.1, 0.15) is 13.8 Å². The minimum atomic E-state index is 0.489. The number of nitrogens with zero attached hydrogens (tertiary/aromatic N) is 1. The molecule has 3 heteroatoms. The fourth-order valence-corrected chi connectivity index (χ4v) is 0.844. The Kier molecular flexibility index (Phi) is 3.85. The van der Waals surface area contributed by atoms with E-state index in [0.717, 1.165) is 16.8 Å². The van der Waals surface area contributed by atoms with Crippen LogP contribution in [0, 0.1) is 0 Å². The van der Waals surface area contributed by atoms with E-state index in [2.05, 4.69) is 6.58 Å². The highest BCUT2D eigenvalue weighted by Gasteiger charge is 2.02. The van der Waals surface area contributed by atoms with Crippen LogP contribution in [-0.2, 0) is 0 Å². The number of rotatable bonds is 3. The van der Waals surface area contributed by atoms with E-state index in [1.807, 2.05) is 13.8 Å². The SMILES string of the molecule is C=C(C)/C(CN)=C(/C)N(C)N. The average Bonchev–Trinajstić information content (AvgIpc) is 1.88. The molecule has 0 aromatic heterocycles. The van der Waals surface area contributed by atoms with Gasteiger partial charge in [0.1, 0.15) is 0 Å². The van der Waals surface area contributed by atoms with E-state index in [-0.39, 0.29) is 0 Å². The quantitative estimate of drug-likeness (QED) is 0.356. The van der Waals surface area contributed by atoms with Crippen molar-refractivity contribution in [3.63, 3.8) is 0 Å². The molecule has 4 N–H and O–H groups in total. The summed E-state index contributed by atoms with van der Waals surface area (Å²) >= 11 is 0. The van der Waals surface area contributed by atoms with E-state index < -0.39 is 0 Å². The van der Waals surface area contributed by atoms with Gasteiger partial charge in [-0.1, -0.05) is 12.2 Å². The van der Waals surface area contributed by atoms with Crippen LogP contribution < -0.4 is 11.6 Å². The van der Waals surface area contributed by atoms with Gasteiger partial charge in [-0.2, -0.15) is 0 Å². The van der Waals surface area contributed by atoms with Crippen molar-refractivity contribution in [2.24, 2.45) is 11.6 Å². The minimum Gasteiger partial charge on any atom is -0.326 e. The number of hydrogen-bond donors (Lipinski definition) is 2. The van der Waals surface area contributed by atoms with Crippen molar-refractivity contribution in [1.29, 1.82) is 0 Å². The molecule has 0 aliphatic heterocycles. The summed E-state index contributed by atoms with van der Waals surface area (Å²) in [7, 11) is 1.79. The van der Waals surface area contributed by atoms with Gasteiger partial charge < -0.3 is 10.7 Å². The maximum absolute atomic E-state index is 5.53. The van der Waals surface area contributed by atoms with Gasteiger partial charge in [0.2, 0.25) is 0 Å². The molecule has 0 aliphatic carbocycles. The molecular formula is C8H17N3. The summed E-state index contributed by atoms with van der Waals surface area (Å²) < 4.78 is 0. The van der Waals surface area contributed by atoms with Crippen LogP contribution in [-0.4, -0.2) is 18.6 Å². The van der Waals surface area contributed by atoms with Crippen LogP contribution in [0.25, 0.3) is 0 Å². The normalized spacial score (nSPS) is 12.5. The molecule has 0 amide bonds. The predicted octanol–water partition coefficient (Wildman–Crippen LogP) is 0.601. The van der Waals surface area contributed by atoms with Crippen LogP contribution in [0.2, 0.25) is 0 Å². The lowest BCUT2D eigenvalue weighted by molar-refractivity contribution is 0.436. The van der Waals surface area contributed by atoms with Crippen LogP contribution in [0.3, 0.4) is 0 Å². The molecule has 0 aromatic rings. The van der Waals surface area contributed by atoms with Crippen molar-refractivity contribution >= 4 is 0 Å². The van der Waals surface area contributed by atoms with E-state index in [1.165, 1.54) is 0 Å². The van der Waals surface area contributed by atoms with E-state index in [4.69, 9.17) is 11.6 Å². The van der Waals surface area contributed by atoms with Gasteiger partial charge in [0.05, 0.1) is 0 Å². The van der Waals surface area contributed by atoms with Gasteiger partial charge in [0.15, 0.2) is 0 Å². The van der Waals surface area contributed by atoms with E-state index in [1.54, 1.807) is 12.1 Å². The third-order valence-corrected chi connectivity index (χ3v) is 1.69. The molecule has 0 unspecified atom stereocenters. The molecule has 0 saturated carbocycles. The smallest absolute Gasteiger partial charge is 0.0304 e.